The molecule has 2 bridgehead atoms. The molecule has 1 aromatic carbocycles. The lowest BCUT2D eigenvalue weighted by Crippen LogP contribution is -2.55. The highest BCUT2D eigenvalue weighted by molar-refractivity contribution is 6.33. The van der Waals surface area contributed by atoms with E-state index in [1.54, 1.807) is 38.2 Å². The summed E-state index contributed by atoms with van der Waals surface area (Å²) in [6.45, 7) is 3.31. The van der Waals surface area contributed by atoms with Gasteiger partial charge in [-0.25, -0.2) is 0 Å². The van der Waals surface area contributed by atoms with E-state index in [2.05, 4.69) is 10.6 Å². The van der Waals surface area contributed by atoms with Crippen LogP contribution in [-0.2, 0) is 19.1 Å². The van der Waals surface area contributed by atoms with Gasteiger partial charge in [0.25, 0.3) is 0 Å². The van der Waals surface area contributed by atoms with E-state index in [0.29, 0.717) is 30.0 Å². The number of likely N-dealkylation sites (tertiary alicyclic amines) is 1. The summed E-state index contributed by atoms with van der Waals surface area (Å²) in [6.07, 6.45) is 1.63. The van der Waals surface area contributed by atoms with E-state index in [-0.39, 0.29) is 18.4 Å². The molecule has 1 spiro atoms. The van der Waals surface area contributed by atoms with Crippen molar-refractivity contribution >= 4 is 35.0 Å². The van der Waals surface area contributed by atoms with Gasteiger partial charge in [0.05, 0.1) is 40.8 Å². The van der Waals surface area contributed by atoms with Crippen LogP contribution in [0.4, 0.5) is 5.69 Å². The summed E-state index contributed by atoms with van der Waals surface area (Å²) in [6, 6.07) is 5.26. The number of carbonyl (C=O) groups excluding carboxylic acids is 3. The lowest BCUT2D eigenvalue weighted by molar-refractivity contribution is -0.148. The number of nitrogens with zero attached hydrogens (tertiary/aromatic N) is 1. The molecule has 3 amide bonds. The van der Waals surface area contributed by atoms with Crippen molar-refractivity contribution in [3.05, 3.63) is 29.3 Å². The lowest BCUT2D eigenvalue weighted by atomic mass is 9.65. The van der Waals surface area contributed by atoms with E-state index < -0.39 is 41.0 Å². The summed E-state index contributed by atoms with van der Waals surface area (Å²) in [5, 5.41) is 15.7. The third-order valence-corrected chi connectivity index (χ3v) is 7.60. The van der Waals surface area contributed by atoms with E-state index in [9.17, 15) is 19.5 Å². The number of hydrogen-bond donors (Lipinski definition) is 3. The number of nitrogens with one attached hydrogen (secondary N) is 2. The minimum absolute atomic E-state index is 0.259. The van der Waals surface area contributed by atoms with Crippen molar-refractivity contribution in [2.75, 3.05) is 19.0 Å². The number of carbonyl (C=O) groups is 3. The first-order valence-corrected chi connectivity index (χ1v) is 11.0. The molecule has 8 nitrogen and oxygen atoms in total. The number of halogens is 1. The van der Waals surface area contributed by atoms with Gasteiger partial charge in [0, 0.05) is 7.05 Å². The lowest BCUT2D eigenvalue weighted by Gasteiger charge is -2.36. The maximum absolute atomic E-state index is 13.6. The van der Waals surface area contributed by atoms with Crippen LogP contribution in [0.3, 0.4) is 0 Å². The molecule has 0 radical (unpaired) electrons. The van der Waals surface area contributed by atoms with Crippen molar-refractivity contribution in [1.29, 1.82) is 0 Å². The van der Waals surface area contributed by atoms with Crippen molar-refractivity contribution in [1.82, 2.24) is 10.2 Å². The van der Waals surface area contributed by atoms with Crippen LogP contribution in [0, 0.1) is 11.8 Å². The first-order valence-electron chi connectivity index (χ1n) is 10.7. The first-order chi connectivity index (χ1) is 14.8. The van der Waals surface area contributed by atoms with Crippen LogP contribution in [0.2, 0.25) is 5.02 Å². The van der Waals surface area contributed by atoms with Crippen molar-refractivity contribution in [2.24, 2.45) is 11.8 Å². The van der Waals surface area contributed by atoms with Gasteiger partial charge in [-0.3, -0.25) is 14.4 Å². The van der Waals surface area contributed by atoms with Crippen LogP contribution >= 0.6 is 11.6 Å². The quantitative estimate of drug-likeness (QED) is 0.610. The predicted octanol–water partition coefficient (Wildman–Crippen LogP) is 1.56. The number of para-hydroxylation sites is 1. The maximum Gasteiger partial charge on any atom is 0.250 e. The largest absolute Gasteiger partial charge is 0.394 e. The van der Waals surface area contributed by atoms with Crippen LogP contribution < -0.4 is 10.6 Å². The molecule has 3 aliphatic rings. The average Bonchev–Trinajstić information content (AvgIpc) is 3.38. The Balaban J connectivity index is 1.79. The monoisotopic (exact) mass is 449 g/mol. The van der Waals surface area contributed by atoms with Crippen molar-refractivity contribution in [3.8, 4) is 0 Å². The Hall–Kier alpha value is -2.16. The standard InChI is InChI=1S/C22H28ClN3O5/c1-4-21-9-10-22(31-21)16(15(21)18(28)24-3)20(30)26(12(2)11-27)17(22)19(29)25-14-8-6-5-7-13(14)23/h5-8,12,15-17,27H,4,9-11H2,1-3H3,(H,24,28)(H,25,29)/t12-,15+,16+,17?,21-,22?/m1/s1. The highest BCUT2D eigenvalue weighted by Gasteiger charge is 2.78. The van der Waals surface area contributed by atoms with Crippen molar-refractivity contribution in [3.63, 3.8) is 0 Å². The SMILES string of the molecule is CC[C@]12CCC3(O1)C(C(=O)Nc1ccccc1Cl)N([C@H](C)CO)C(=O)[C@@H]3[C@H]2C(=O)NC. The molecule has 3 saturated heterocycles. The number of ether oxygens (including phenoxy) is 1. The van der Waals surface area contributed by atoms with E-state index in [1.807, 2.05) is 6.92 Å². The molecule has 3 N–H and O–H groups in total. The predicted molar refractivity (Wildman–Crippen MR) is 114 cm³/mol. The zero-order valence-corrected chi connectivity index (χ0v) is 18.6. The van der Waals surface area contributed by atoms with Crippen LogP contribution in [-0.4, -0.2) is 64.7 Å². The molecule has 0 saturated carbocycles. The Bertz CT molecular complexity index is 926. The summed E-state index contributed by atoms with van der Waals surface area (Å²) in [7, 11) is 1.54. The highest BCUT2D eigenvalue weighted by atomic mass is 35.5. The molecule has 6 atom stereocenters. The number of aliphatic hydroxyl groups is 1. The second-order valence-corrected chi connectivity index (χ2v) is 9.10. The molecule has 4 rings (SSSR count). The van der Waals surface area contributed by atoms with Gasteiger partial charge < -0.3 is 25.4 Å². The third kappa shape index (κ3) is 2.99. The zero-order chi connectivity index (χ0) is 22.6. The molecular weight excluding hydrogens is 422 g/mol. The van der Waals surface area contributed by atoms with Gasteiger partial charge in [0.1, 0.15) is 11.6 Å². The van der Waals surface area contributed by atoms with Gasteiger partial charge >= 0.3 is 0 Å². The number of benzene rings is 1. The number of amides is 3. The Labute approximate surface area is 186 Å². The van der Waals surface area contributed by atoms with Crippen molar-refractivity contribution in [2.45, 2.75) is 56.4 Å². The fourth-order valence-corrected chi connectivity index (χ4v) is 6.02. The Kier molecular flexibility index (Phi) is 5.52. The van der Waals surface area contributed by atoms with E-state index in [4.69, 9.17) is 16.3 Å². The van der Waals surface area contributed by atoms with Gasteiger partial charge in [-0.15, -0.1) is 0 Å². The maximum atomic E-state index is 13.6. The molecule has 168 valence electrons. The van der Waals surface area contributed by atoms with Gasteiger partial charge in [-0.05, 0) is 38.3 Å². The Morgan fingerprint density at radius 1 is 1.32 bits per heavy atom. The molecule has 1 aromatic rings. The molecule has 0 aliphatic carbocycles. The Morgan fingerprint density at radius 2 is 2.03 bits per heavy atom. The fraction of sp³-hybridized carbons (Fsp3) is 0.591. The molecule has 9 heteroatoms. The summed E-state index contributed by atoms with van der Waals surface area (Å²) < 4.78 is 6.55. The molecule has 3 fully saturated rings. The second kappa shape index (κ2) is 7.76. The molecular formula is C22H28ClN3O5. The summed E-state index contributed by atoms with van der Waals surface area (Å²) in [5.41, 5.74) is -1.48. The first kappa shape index (κ1) is 22.0. The minimum atomic E-state index is -1.13. The van der Waals surface area contributed by atoms with Crippen LogP contribution in [0.15, 0.2) is 24.3 Å². The van der Waals surface area contributed by atoms with Gasteiger partial charge in [-0.2, -0.15) is 0 Å². The smallest absolute Gasteiger partial charge is 0.250 e. The molecule has 2 unspecified atom stereocenters. The number of hydrogen-bond acceptors (Lipinski definition) is 5. The molecule has 31 heavy (non-hydrogen) atoms. The number of anilines is 1. The summed E-state index contributed by atoms with van der Waals surface area (Å²) >= 11 is 6.23. The van der Waals surface area contributed by atoms with Crippen LogP contribution in [0.1, 0.15) is 33.1 Å². The van der Waals surface area contributed by atoms with Gasteiger partial charge in [0.15, 0.2) is 0 Å². The zero-order valence-electron chi connectivity index (χ0n) is 17.9. The van der Waals surface area contributed by atoms with E-state index in [1.165, 1.54) is 4.90 Å². The van der Waals surface area contributed by atoms with E-state index >= 15 is 0 Å². The topological polar surface area (TPSA) is 108 Å². The second-order valence-electron chi connectivity index (χ2n) is 8.69. The van der Waals surface area contributed by atoms with Gasteiger partial charge in [0.2, 0.25) is 17.7 Å². The van der Waals surface area contributed by atoms with E-state index in [0.717, 1.165) is 0 Å². The molecule has 0 aromatic heterocycles. The number of rotatable bonds is 6. The summed E-state index contributed by atoms with van der Waals surface area (Å²) in [4.78, 5) is 41.5. The van der Waals surface area contributed by atoms with Crippen molar-refractivity contribution < 1.29 is 24.2 Å². The van der Waals surface area contributed by atoms with Crippen LogP contribution in [0.5, 0.6) is 0 Å². The normalized spacial score (nSPS) is 34.5. The Morgan fingerprint density at radius 3 is 2.65 bits per heavy atom. The summed E-state index contributed by atoms with van der Waals surface area (Å²) in [5.74, 6) is -2.49. The van der Waals surface area contributed by atoms with Gasteiger partial charge in [-0.1, -0.05) is 30.7 Å². The molecule has 3 aliphatic heterocycles. The third-order valence-electron chi connectivity index (χ3n) is 7.27. The molecule has 3 heterocycles. The number of aliphatic hydroxyl groups excluding tert-OH is 1. The average molecular weight is 450 g/mol. The fourth-order valence-electron chi connectivity index (χ4n) is 5.83. The van der Waals surface area contributed by atoms with Crippen LogP contribution in [0.25, 0.3) is 0 Å². The number of fused-ring (bicyclic) bond motifs is 1. The highest BCUT2D eigenvalue weighted by Crippen LogP contribution is 2.64. The minimum Gasteiger partial charge on any atom is -0.394 e.